The Balaban J connectivity index is 2.27. The van der Waals surface area contributed by atoms with Crippen LogP contribution in [0.25, 0.3) is 0 Å². The predicted octanol–water partition coefficient (Wildman–Crippen LogP) is 2.73. The molecule has 1 aromatic carbocycles. The number of hydrogen-bond acceptors (Lipinski definition) is 2. The van der Waals surface area contributed by atoms with Crippen molar-refractivity contribution in [3.05, 3.63) is 51.6 Å². The van der Waals surface area contributed by atoms with Crippen LogP contribution >= 0.6 is 11.6 Å². The van der Waals surface area contributed by atoms with Crippen molar-refractivity contribution in [3.8, 4) is 0 Å². The smallest absolute Gasteiger partial charge is 0.120 e. The van der Waals surface area contributed by atoms with Crippen LogP contribution in [0.2, 0.25) is 5.02 Å². The summed E-state index contributed by atoms with van der Waals surface area (Å²) in [6, 6.07) is 5.94. The fraction of sp³-hybridized carbons (Fsp3) is 0.308. The Morgan fingerprint density at radius 2 is 2.12 bits per heavy atom. The molecule has 0 amide bonds. The Hall–Kier alpha value is -1.32. The van der Waals surface area contributed by atoms with Gasteiger partial charge in [-0.05, 0) is 37.1 Å². The molecule has 3 N–H and O–H groups in total. The molecule has 17 heavy (non-hydrogen) atoms. The zero-order valence-corrected chi connectivity index (χ0v) is 10.8. The summed E-state index contributed by atoms with van der Waals surface area (Å²) in [5, 5.41) is 0.771. The Kier molecular flexibility index (Phi) is 3.50. The van der Waals surface area contributed by atoms with E-state index in [1.165, 1.54) is 11.1 Å². The van der Waals surface area contributed by atoms with E-state index >= 15 is 0 Å². The summed E-state index contributed by atoms with van der Waals surface area (Å²) in [6.45, 7) is 4.53. The van der Waals surface area contributed by atoms with Crippen molar-refractivity contribution in [3.63, 3.8) is 0 Å². The minimum atomic E-state index is 0.445. The van der Waals surface area contributed by atoms with Gasteiger partial charge in [-0.2, -0.15) is 0 Å². The normalized spacial score (nSPS) is 10.8. The molecule has 0 radical (unpaired) electrons. The number of nitrogens with two attached hydrogens (primary N) is 1. The molecule has 0 saturated heterocycles. The molecule has 0 spiro atoms. The molecule has 2 rings (SSSR count). The van der Waals surface area contributed by atoms with Gasteiger partial charge in [0.2, 0.25) is 0 Å². The third-order valence-corrected chi connectivity index (χ3v) is 3.13. The van der Waals surface area contributed by atoms with Crippen molar-refractivity contribution >= 4 is 11.6 Å². The Bertz CT molecular complexity index is 531. The molecule has 3 nitrogen and oxygen atoms in total. The summed E-state index contributed by atoms with van der Waals surface area (Å²) in [7, 11) is 0. The predicted molar refractivity (Wildman–Crippen MR) is 70.2 cm³/mol. The largest absolute Gasteiger partial charge is 0.345 e. The van der Waals surface area contributed by atoms with E-state index in [9.17, 15) is 0 Å². The highest BCUT2D eigenvalue weighted by Gasteiger charge is 2.08. The van der Waals surface area contributed by atoms with Crippen LogP contribution in [-0.2, 0) is 13.0 Å². The van der Waals surface area contributed by atoms with E-state index in [1.807, 2.05) is 25.1 Å². The number of nitrogens with one attached hydrogen (secondary N) is 1. The SMILES string of the molecule is Cc1cc(Cl)ccc1Cc1nc(CN)[nH]c1C. The lowest BCUT2D eigenvalue weighted by Gasteiger charge is -2.05. The first-order valence-corrected chi connectivity index (χ1v) is 5.97. The maximum Gasteiger partial charge on any atom is 0.120 e. The van der Waals surface area contributed by atoms with Gasteiger partial charge in [-0.1, -0.05) is 17.7 Å². The van der Waals surface area contributed by atoms with Gasteiger partial charge < -0.3 is 10.7 Å². The second kappa shape index (κ2) is 4.90. The van der Waals surface area contributed by atoms with Crippen LogP contribution in [0.3, 0.4) is 0 Å². The van der Waals surface area contributed by atoms with Crippen molar-refractivity contribution in [2.75, 3.05) is 0 Å². The molecule has 0 unspecified atom stereocenters. The zero-order chi connectivity index (χ0) is 12.4. The van der Waals surface area contributed by atoms with Crippen molar-refractivity contribution in [2.24, 2.45) is 5.73 Å². The molecular weight excluding hydrogens is 234 g/mol. The maximum absolute atomic E-state index is 5.94. The van der Waals surface area contributed by atoms with E-state index in [0.29, 0.717) is 6.54 Å². The lowest BCUT2D eigenvalue weighted by atomic mass is 10.0. The second-order valence-corrected chi connectivity index (χ2v) is 4.64. The first kappa shape index (κ1) is 12.1. The molecule has 0 atom stereocenters. The van der Waals surface area contributed by atoms with E-state index in [1.54, 1.807) is 0 Å². The van der Waals surface area contributed by atoms with Crippen LogP contribution in [-0.4, -0.2) is 9.97 Å². The van der Waals surface area contributed by atoms with Crippen LogP contribution in [0.4, 0.5) is 0 Å². The molecule has 2 aromatic rings. The van der Waals surface area contributed by atoms with Crippen LogP contribution in [0.15, 0.2) is 18.2 Å². The van der Waals surface area contributed by atoms with E-state index in [2.05, 4.69) is 16.9 Å². The molecule has 0 saturated carbocycles. The lowest BCUT2D eigenvalue weighted by Crippen LogP contribution is -1.98. The van der Waals surface area contributed by atoms with E-state index < -0.39 is 0 Å². The van der Waals surface area contributed by atoms with Gasteiger partial charge in [-0.15, -0.1) is 0 Å². The fourth-order valence-corrected chi connectivity index (χ4v) is 2.10. The summed E-state index contributed by atoms with van der Waals surface area (Å²) in [5.41, 5.74) is 10.1. The van der Waals surface area contributed by atoms with Crippen LogP contribution in [0.5, 0.6) is 0 Å². The third kappa shape index (κ3) is 2.68. The minimum Gasteiger partial charge on any atom is -0.345 e. The number of halogens is 1. The molecule has 0 fully saturated rings. The van der Waals surface area contributed by atoms with Gasteiger partial charge in [0.15, 0.2) is 0 Å². The molecule has 0 aliphatic rings. The number of H-pyrrole nitrogens is 1. The maximum atomic E-state index is 5.94. The first-order chi connectivity index (χ1) is 8.10. The highest BCUT2D eigenvalue weighted by Crippen LogP contribution is 2.19. The number of benzene rings is 1. The number of aromatic amines is 1. The van der Waals surface area contributed by atoms with E-state index in [-0.39, 0.29) is 0 Å². The zero-order valence-electron chi connectivity index (χ0n) is 10.0. The molecular formula is C13H16ClN3. The van der Waals surface area contributed by atoms with Crippen LogP contribution in [0, 0.1) is 13.8 Å². The fourth-order valence-electron chi connectivity index (χ4n) is 1.87. The molecule has 1 aromatic heterocycles. The number of hydrogen-bond donors (Lipinski definition) is 2. The summed E-state index contributed by atoms with van der Waals surface area (Å²) in [5.74, 6) is 0.837. The highest BCUT2D eigenvalue weighted by atomic mass is 35.5. The van der Waals surface area contributed by atoms with Crippen LogP contribution < -0.4 is 5.73 Å². The van der Waals surface area contributed by atoms with Crippen LogP contribution in [0.1, 0.15) is 28.3 Å². The monoisotopic (exact) mass is 249 g/mol. The Morgan fingerprint density at radius 3 is 2.71 bits per heavy atom. The van der Waals surface area contributed by atoms with Gasteiger partial charge in [0.1, 0.15) is 5.82 Å². The number of imidazole rings is 1. The number of nitrogens with zero attached hydrogens (tertiary/aromatic N) is 1. The van der Waals surface area contributed by atoms with Gasteiger partial charge >= 0.3 is 0 Å². The molecule has 0 aliphatic carbocycles. The molecule has 90 valence electrons. The minimum absolute atomic E-state index is 0.445. The standard InChI is InChI=1S/C13H16ClN3/c1-8-5-11(14)4-3-10(8)6-12-9(2)16-13(7-15)17-12/h3-5H,6-7,15H2,1-2H3,(H,16,17). The van der Waals surface area contributed by atoms with Gasteiger partial charge in [0.25, 0.3) is 0 Å². The molecule has 1 heterocycles. The topological polar surface area (TPSA) is 54.7 Å². The average Bonchev–Trinajstić information content (AvgIpc) is 2.64. The molecule has 4 heteroatoms. The molecule has 0 bridgehead atoms. The highest BCUT2D eigenvalue weighted by molar-refractivity contribution is 6.30. The third-order valence-electron chi connectivity index (χ3n) is 2.89. The van der Waals surface area contributed by atoms with Crippen molar-refractivity contribution in [2.45, 2.75) is 26.8 Å². The van der Waals surface area contributed by atoms with Crippen molar-refractivity contribution in [1.82, 2.24) is 9.97 Å². The first-order valence-electron chi connectivity index (χ1n) is 5.59. The number of aromatic nitrogens is 2. The molecule has 0 aliphatic heterocycles. The number of aryl methyl sites for hydroxylation is 2. The van der Waals surface area contributed by atoms with Gasteiger partial charge in [0.05, 0.1) is 12.2 Å². The van der Waals surface area contributed by atoms with Crippen molar-refractivity contribution < 1.29 is 0 Å². The Labute approximate surface area is 106 Å². The van der Waals surface area contributed by atoms with Gasteiger partial charge in [-0.3, -0.25) is 0 Å². The summed E-state index contributed by atoms with van der Waals surface area (Å²) < 4.78 is 0. The summed E-state index contributed by atoms with van der Waals surface area (Å²) in [6.07, 6.45) is 0.811. The van der Waals surface area contributed by atoms with E-state index in [4.69, 9.17) is 17.3 Å². The van der Waals surface area contributed by atoms with E-state index in [0.717, 1.165) is 28.7 Å². The van der Waals surface area contributed by atoms with Gasteiger partial charge in [0, 0.05) is 17.1 Å². The quantitative estimate of drug-likeness (QED) is 0.879. The lowest BCUT2D eigenvalue weighted by molar-refractivity contribution is 0.934. The average molecular weight is 250 g/mol. The summed E-state index contributed by atoms with van der Waals surface area (Å²) in [4.78, 5) is 7.66. The second-order valence-electron chi connectivity index (χ2n) is 4.21. The number of rotatable bonds is 3. The van der Waals surface area contributed by atoms with Gasteiger partial charge in [-0.25, -0.2) is 4.98 Å². The van der Waals surface area contributed by atoms with Crippen molar-refractivity contribution in [1.29, 1.82) is 0 Å². The Morgan fingerprint density at radius 1 is 1.35 bits per heavy atom. The summed E-state index contributed by atoms with van der Waals surface area (Å²) >= 11 is 5.94.